The van der Waals surface area contributed by atoms with E-state index in [0.29, 0.717) is 54.1 Å². The van der Waals surface area contributed by atoms with Gasteiger partial charge in [-0.05, 0) is 108 Å². The number of carbonyl (C=O) groups is 3. The molecule has 3 aromatic carbocycles. The Balaban J connectivity index is 1.77. The molecule has 12 heteroatoms. The van der Waals surface area contributed by atoms with Crippen LogP contribution >= 0.6 is 0 Å². The van der Waals surface area contributed by atoms with E-state index in [9.17, 15) is 29.7 Å². The van der Waals surface area contributed by atoms with Crippen LogP contribution in [0.5, 0.6) is 0 Å². The number of hydrogen-bond donors (Lipinski definition) is 6. The molecule has 6 N–H and O–H groups in total. The lowest BCUT2D eigenvalue weighted by Crippen LogP contribution is -2.12. The molecule has 0 fully saturated rings. The van der Waals surface area contributed by atoms with Gasteiger partial charge in [0.2, 0.25) is 17.8 Å². The van der Waals surface area contributed by atoms with Gasteiger partial charge in [-0.15, -0.1) is 0 Å². The van der Waals surface area contributed by atoms with Crippen LogP contribution in [0.4, 0.5) is 34.9 Å². The minimum atomic E-state index is -0.979. The van der Waals surface area contributed by atoms with Crippen LogP contribution in [0.15, 0.2) is 54.6 Å². The first-order valence-corrected chi connectivity index (χ1v) is 22.1. The summed E-state index contributed by atoms with van der Waals surface area (Å²) in [5.74, 6) is -1.36. The van der Waals surface area contributed by atoms with Crippen molar-refractivity contribution in [3.8, 4) is 0 Å². The summed E-state index contributed by atoms with van der Waals surface area (Å²) in [6.45, 7) is 12.9. The van der Waals surface area contributed by atoms with Crippen molar-refractivity contribution in [1.82, 2.24) is 15.0 Å². The highest BCUT2D eigenvalue weighted by molar-refractivity contribution is 5.91. The van der Waals surface area contributed by atoms with Crippen molar-refractivity contribution in [3.63, 3.8) is 0 Å². The van der Waals surface area contributed by atoms with Crippen molar-refractivity contribution in [2.24, 2.45) is 17.8 Å². The van der Waals surface area contributed by atoms with Gasteiger partial charge in [-0.2, -0.15) is 15.0 Å². The lowest BCUT2D eigenvalue weighted by atomic mass is 9.89. The summed E-state index contributed by atoms with van der Waals surface area (Å²) in [5, 5.41) is 40.0. The van der Waals surface area contributed by atoms with Crippen molar-refractivity contribution in [3.05, 3.63) is 88.0 Å². The van der Waals surface area contributed by atoms with Crippen LogP contribution in [-0.4, -0.2) is 48.2 Å². The fourth-order valence-electron chi connectivity index (χ4n) is 7.84. The first-order chi connectivity index (χ1) is 28.9. The second kappa shape index (κ2) is 23.9. The summed E-state index contributed by atoms with van der Waals surface area (Å²) in [7, 11) is 0. The summed E-state index contributed by atoms with van der Waals surface area (Å²) in [5.41, 5.74) is 4.80. The van der Waals surface area contributed by atoms with E-state index in [0.717, 1.165) is 93.7 Å². The van der Waals surface area contributed by atoms with Gasteiger partial charge in [0.05, 0.1) is 16.7 Å². The molecule has 12 nitrogen and oxygen atoms in total. The van der Waals surface area contributed by atoms with Gasteiger partial charge in [-0.25, -0.2) is 14.4 Å². The highest BCUT2D eigenvalue weighted by Gasteiger charge is 2.20. The number of nitrogens with one attached hydrogen (secondary N) is 3. The summed E-state index contributed by atoms with van der Waals surface area (Å²) in [6.07, 6.45) is 14.2. The molecular weight excluding hydrogens is 757 g/mol. The molecule has 0 aliphatic carbocycles. The average molecular weight is 823 g/mol. The van der Waals surface area contributed by atoms with Crippen molar-refractivity contribution < 1.29 is 29.7 Å². The van der Waals surface area contributed by atoms with E-state index in [1.165, 1.54) is 0 Å². The molecule has 0 bridgehead atoms. The third kappa shape index (κ3) is 14.1. The summed E-state index contributed by atoms with van der Waals surface area (Å²) in [6, 6.07) is 15.5. The zero-order chi connectivity index (χ0) is 43.6. The van der Waals surface area contributed by atoms with Gasteiger partial charge in [0.1, 0.15) is 0 Å². The van der Waals surface area contributed by atoms with E-state index in [2.05, 4.69) is 57.5 Å². The summed E-state index contributed by atoms with van der Waals surface area (Å²) < 4.78 is 0. The molecule has 0 aliphatic heterocycles. The van der Waals surface area contributed by atoms with E-state index in [1.54, 1.807) is 36.4 Å². The summed E-state index contributed by atoms with van der Waals surface area (Å²) in [4.78, 5) is 51.0. The minimum absolute atomic E-state index is 0.183. The number of aromatic nitrogens is 3. The molecule has 1 heterocycles. The van der Waals surface area contributed by atoms with E-state index >= 15 is 0 Å². The zero-order valence-corrected chi connectivity index (χ0v) is 36.4. The lowest BCUT2D eigenvalue weighted by molar-refractivity contribution is 0.0684. The SMILES string of the molecule is CCCCC(CC)Cc1cc(Nc2nc(Nc3ccc(C(=O)O)c(CC(CC)CCCC)c3)nc(Nc3ccc(C(=O)O)c(CC(CC)CCCC)c3)n2)ccc1C(=O)O. The first kappa shape index (κ1) is 47.2. The molecule has 4 aromatic rings. The molecule has 324 valence electrons. The molecule has 3 unspecified atom stereocenters. The number of hydrogen-bond acceptors (Lipinski definition) is 9. The largest absolute Gasteiger partial charge is 0.478 e. The van der Waals surface area contributed by atoms with Crippen LogP contribution in [0, 0.1) is 17.8 Å². The number of carboxylic acid groups (broad SMARTS) is 3. The van der Waals surface area contributed by atoms with Crippen LogP contribution < -0.4 is 16.0 Å². The number of nitrogens with zero attached hydrogens (tertiary/aromatic N) is 3. The number of unbranched alkanes of at least 4 members (excludes halogenated alkanes) is 3. The van der Waals surface area contributed by atoms with Gasteiger partial charge in [0.25, 0.3) is 0 Å². The van der Waals surface area contributed by atoms with E-state index < -0.39 is 17.9 Å². The Morgan fingerprint density at radius 2 is 0.733 bits per heavy atom. The quantitative estimate of drug-likeness (QED) is 0.0335. The van der Waals surface area contributed by atoms with Gasteiger partial charge in [-0.1, -0.05) is 119 Å². The third-order valence-corrected chi connectivity index (χ3v) is 11.6. The van der Waals surface area contributed by atoms with Crippen LogP contribution in [0.25, 0.3) is 0 Å². The number of carboxylic acids is 3. The standard InChI is InChI=1S/C48H66N6O6/c1-7-13-16-31(10-4)25-34-28-37(19-22-40(34)43(55)56)49-46-52-47(50-38-20-23-41(44(57)58)35(29-38)26-32(11-5)17-14-8-2)54-48(53-46)51-39-21-24-42(45(59)60)36(30-39)27-33(12-6)18-15-9-3/h19-24,28-33H,7-18,25-27H2,1-6H3,(H,55,56)(H,57,58)(H,59,60)(H3,49,50,51,52,53,54). The number of rotatable bonds is 27. The molecule has 0 spiro atoms. The summed E-state index contributed by atoms with van der Waals surface area (Å²) >= 11 is 0. The van der Waals surface area contributed by atoms with E-state index in [4.69, 9.17) is 15.0 Å². The van der Waals surface area contributed by atoms with Crippen LogP contribution in [0.1, 0.15) is 166 Å². The van der Waals surface area contributed by atoms with Gasteiger partial charge in [-0.3, -0.25) is 0 Å². The van der Waals surface area contributed by atoms with Crippen molar-refractivity contribution in [2.75, 3.05) is 16.0 Å². The molecule has 0 aliphatic rings. The fraction of sp³-hybridized carbons (Fsp3) is 0.500. The Morgan fingerprint density at radius 1 is 0.467 bits per heavy atom. The molecular formula is C48H66N6O6. The lowest BCUT2D eigenvalue weighted by Gasteiger charge is -2.18. The Kier molecular flexibility index (Phi) is 18.8. The number of aromatic carboxylic acids is 3. The minimum Gasteiger partial charge on any atom is -0.478 e. The maximum absolute atomic E-state index is 12.3. The Morgan fingerprint density at radius 3 is 0.950 bits per heavy atom. The second-order valence-corrected chi connectivity index (χ2v) is 16.1. The maximum atomic E-state index is 12.3. The Bertz CT molecular complexity index is 1800. The number of anilines is 6. The predicted molar refractivity (Wildman–Crippen MR) is 241 cm³/mol. The smallest absolute Gasteiger partial charge is 0.335 e. The molecule has 0 saturated heterocycles. The van der Waals surface area contributed by atoms with Gasteiger partial charge >= 0.3 is 17.9 Å². The number of benzene rings is 3. The topological polar surface area (TPSA) is 187 Å². The van der Waals surface area contributed by atoms with E-state index in [-0.39, 0.29) is 34.5 Å². The third-order valence-electron chi connectivity index (χ3n) is 11.6. The molecule has 4 rings (SSSR count). The van der Waals surface area contributed by atoms with E-state index in [1.807, 2.05) is 18.2 Å². The predicted octanol–water partition coefficient (Wildman–Crippen LogP) is 12.5. The first-order valence-electron chi connectivity index (χ1n) is 22.1. The Labute approximate surface area is 356 Å². The molecule has 3 atom stereocenters. The van der Waals surface area contributed by atoms with Gasteiger partial charge in [0, 0.05) is 17.1 Å². The monoisotopic (exact) mass is 823 g/mol. The van der Waals surface area contributed by atoms with Crippen molar-refractivity contribution in [1.29, 1.82) is 0 Å². The second-order valence-electron chi connectivity index (χ2n) is 16.1. The van der Waals surface area contributed by atoms with Crippen molar-refractivity contribution >= 4 is 52.8 Å². The normalized spacial score (nSPS) is 12.7. The highest BCUT2D eigenvalue weighted by atomic mass is 16.4. The van der Waals surface area contributed by atoms with Gasteiger partial charge < -0.3 is 31.3 Å². The fourth-order valence-corrected chi connectivity index (χ4v) is 7.84. The molecule has 0 radical (unpaired) electrons. The van der Waals surface area contributed by atoms with Crippen LogP contribution in [0.3, 0.4) is 0 Å². The average Bonchev–Trinajstić information content (AvgIpc) is 3.22. The van der Waals surface area contributed by atoms with Crippen molar-refractivity contribution in [2.45, 2.75) is 138 Å². The highest BCUT2D eigenvalue weighted by Crippen LogP contribution is 2.30. The van der Waals surface area contributed by atoms with Crippen LogP contribution in [0.2, 0.25) is 0 Å². The molecule has 1 aromatic heterocycles. The molecule has 0 saturated carbocycles. The zero-order valence-electron chi connectivity index (χ0n) is 36.4. The molecule has 0 amide bonds. The maximum Gasteiger partial charge on any atom is 0.335 e. The Hall–Kier alpha value is -5.52. The molecule has 60 heavy (non-hydrogen) atoms. The van der Waals surface area contributed by atoms with Gasteiger partial charge in [0.15, 0.2) is 0 Å². The van der Waals surface area contributed by atoms with Crippen LogP contribution in [-0.2, 0) is 19.3 Å².